The minimum Gasteiger partial charge on any atom is -0.314 e. The van der Waals surface area contributed by atoms with E-state index in [1.54, 1.807) is 12.1 Å². The van der Waals surface area contributed by atoms with Crippen LogP contribution in [0.15, 0.2) is 29.2 Å². The van der Waals surface area contributed by atoms with Crippen molar-refractivity contribution in [2.75, 3.05) is 6.54 Å². The van der Waals surface area contributed by atoms with Crippen LogP contribution in [-0.4, -0.2) is 21.0 Å². The summed E-state index contributed by atoms with van der Waals surface area (Å²) in [6.45, 7) is 3.19. The van der Waals surface area contributed by atoms with Gasteiger partial charge in [0.2, 0.25) is 10.0 Å². The third kappa shape index (κ3) is 4.30. The average Bonchev–Trinajstić information content (AvgIpc) is 2.92. The summed E-state index contributed by atoms with van der Waals surface area (Å²) >= 11 is 0. The van der Waals surface area contributed by atoms with E-state index in [2.05, 4.69) is 12.2 Å². The summed E-state index contributed by atoms with van der Waals surface area (Å²) in [5.41, 5.74) is 1.13. The van der Waals surface area contributed by atoms with E-state index in [-0.39, 0.29) is 4.90 Å². The van der Waals surface area contributed by atoms with Gasteiger partial charge in [0.1, 0.15) is 0 Å². The number of hydrogen-bond acceptors (Lipinski definition) is 3. The zero-order chi connectivity index (χ0) is 14.6. The first-order valence-corrected chi connectivity index (χ1v) is 8.86. The molecule has 1 aliphatic rings. The minimum atomic E-state index is -3.58. The van der Waals surface area contributed by atoms with Gasteiger partial charge >= 0.3 is 0 Å². The van der Waals surface area contributed by atoms with Gasteiger partial charge in [-0.15, -0.1) is 0 Å². The predicted octanol–water partition coefficient (Wildman–Crippen LogP) is 2.04. The Morgan fingerprint density at radius 3 is 2.40 bits per heavy atom. The van der Waals surface area contributed by atoms with Crippen molar-refractivity contribution in [1.29, 1.82) is 0 Å². The highest BCUT2D eigenvalue weighted by atomic mass is 32.2. The van der Waals surface area contributed by atoms with Crippen LogP contribution in [0.4, 0.5) is 0 Å². The molecule has 1 unspecified atom stereocenters. The molecule has 1 aliphatic carbocycles. The molecule has 1 fully saturated rings. The highest BCUT2D eigenvalue weighted by molar-refractivity contribution is 7.89. The molecule has 0 spiro atoms. The normalized spacial score (nSPS) is 18.3. The van der Waals surface area contributed by atoms with Crippen molar-refractivity contribution in [2.45, 2.75) is 50.0 Å². The molecule has 1 atom stereocenters. The standard InChI is InChI=1S/C15H24N2O2S/c1-12(14-4-2-3-5-14)17-11-10-13-6-8-15(9-7-13)20(16,18)19/h6-9,12,14,17H,2-5,10-11H2,1H3,(H2,16,18,19). The van der Waals surface area contributed by atoms with E-state index in [4.69, 9.17) is 5.14 Å². The van der Waals surface area contributed by atoms with Crippen molar-refractivity contribution in [1.82, 2.24) is 5.32 Å². The second kappa shape index (κ2) is 6.70. The molecule has 0 radical (unpaired) electrons. The van der Waals surface area contributed by atoms with Crippen LogP contribution in [0.25, 0.3) is 0 Å². The van der Waals surface area contributed by atoms with Crippen LogP contribution in [0.3, 0.4) is 0 Å². The maximum absolute atomic E-state index is 11.2. The van der Waals surface area contributed by atoms with Gasteiger partial charge in [-0.1, -0.05) is 25.0 Å². The first kappa shape index (κ1) is 15.5. The average molecular weight is 296 g/mol. The van der Waals surface area contributed by atoms with E-state index < -0.39 is 10.0 Å². The van der Waals surface area contributed by atoms with Crippen molar-refractivity contribution in [3.05, 3.63) is 29.8 Å². The number of nitrogens with one attached hydrogen (secondary N) is 1. The molecule has 2 rings (SSSR count). The fourth-order valence-corrected chi connectivity index (χ4v) is 3.43. The van der Waals surface area contributed by atoms with Crippen molar-refractivity contribution in [2.24, 2.45) is 11.1 Å². The lowest BCUT2D eigenvalue weighted by atomic mass is 9.99. The van der Waals surface area contributed by atoms with E-state index in [0.29, 0.717) is 6.04 Å². The largest absolute Gasteiger partial charge is 0.314 e. The fraction of sp³-hybridized carbons (Fsp3) is 0.600. The molecule has 0 heterocycles. The molecule has 1 saturated carbocycles. The predicted molar refractivity (Wildman–Crippen MR) is 80.9 cm³/mol. The van der Waals surface area contributed by atoms with Crippen LogP contribution in [0.1, 0.15) is 38.2 Å². The zero-order valence-corrected chi connectivity index (χ0v) is 12.8. The monoisotopic (exact) mass is 296 g/mol. The molecule has 1 aromatic carbocycles. The Morgan fingerprint density at radius 2 is 1.85 bits per heavy atom. The van der Waals surface area contributed by atoms with Crippen LogP contribution in [-0.2, 0) is 16.4 Å². The Hall–Kier alpha value is -0.910. The van der Waals surface area contributed by atoms with Crippen molar-refractivity contribution in [3.63, 3.8) is 0 Å². The van der Waals surface area contributed by atoms with E-state index in [1.165, 1.54) is 25.7 Å². The Morgan fingerprint density at radius 1 is 1.25 bits per heavy atom. The molecule has 3 N–H and O–H groups in total. The Kier molecular flexibility index (Phi) is 5.18. The van der Waals surface area contributed by atoms with Gasteiger partial charge in [0, 0.05) is 6.04 Å². The molecule has 0 aromatic heterocycles. The molecular weight excluding hydrogens is 272 g/mol. The quantitative estimate of drug-likeness (QED) is 0.844. The molecule has 0 bridgehead atoms. The number of nitrogens with two attached hydrogens (primary N) is 1. The first-order chi connectivity index (χ1) is 9.47. The highest BCUT2D eigenvalue weighted by Gasteiger charge is 2.20. The molecule has 0 saturated heterocycles. The van der Waals surface area contributed by atoms with E-state index in [1.807, 2.05) is 12.1 Å². The van der Waals surface area contributed by atoms with Gasteiger partial charge in [0.15, 0.2) is 0 Å². The molecule has 20 heavy (non-hydrogen) atoms. The zero-order valence-electron chi connectivity index (χ0n) is 12.0. The molecule has 112 valence electrons. The van der Waals surface area contributed by atoms with Gasteiger partial charge in [-0.05, 0) is 56.3 Å². The van der Waals surface area contributed by atoms with Crippen LogP contribution in [0.2, 0.25) is 0 Å². The van der Waals surface area contributed by atoms with E-state index in [0.717, 1.165) is 24.4 Å². The smallest absolute Gasteiger partial charge is 0.238 e. The second-order valence-electron chi connectivity index (χ2n) is 5.73. The van der Waals surface area contributed by atoms with Crippen LogP contribution >= 0.6 is 0 Å². The Bertz CT molecular complexity index is 519. The van der Waals surface area contributed by atoms with Crippen molar-refractivity contribution >= 4 is 10.0 Å². The highest BCUT2D eigenvalue weighted by Crippen LogP contribution is 2.27. The molecular formula is C15H24N2O2S. The van der Waals surface area contributed by atoms with Gasteiger partial charge in [-0.3, -0.25) is 0 Å². The van der Waals surface area contributed by atoms with Crippen molar-refractivity contribution in [3.8, 4) is 0 Å². The molecule has 4 nitrogen and oxygen atoms in total. The summed E-state index contributed by atoms with van der Waals surface area (Å²) in [6.07, 6.45) is 6.33. The Labute approximate surface area is 121 Å². The second-order valence-corrected chi connectivity index (χ2v) is 7.29. The van der Waals surface area contributed by atoms with E-state index >= 15 is 0 Å². The lowest BCUT2D eigenvalue weighted by Crippen LogP contribution is -2.33. The maximum atomic E-state index is 11.2. The third-order valence-corrected chi connectivity index (χ3v) is 5.17. The number of primary sulfonamides is 1. The van der Waals surface area contributed by atoms with Crippen LogP contribution < -0.4 is 10.5 Å². The lowest BCUT2D eigenvalue weighted by Gasteiger charge is -2.20. The molecule has 0 aliphatic heterocycles. The van der Waals surface area contributed by atoms with Crippen molar-refractivity contribution < 1.29 is 8.42 Å². The van der Waals surface area contributed by atoms with Gasteiger partial charge < -0.3 is 5.32 Å². The summed E-state index contributed by atoms with van der Waals surface area (Å²) in [5.74, 6) is 0.819. The van der Waals surface area contributed by atoms with Gasteiger partial charge in [-0.2, -0.15) is 0 Å². The van der Waals surface area contributed by atoms with Crippen LogP contribution in [0.5, 0.6) is 0 Å². The fourth-order valence-electron chi connectivity index (χ4n) is 2.91. The Balaban J connectivity index is 1.79. The first-order valence-electron chi connectivity index (χ1n) is 7.32. The number of benzene rings is 1. The third-order valence-electron chi connectivity index (χ3n) is 4.24. The van der Waals surface area contributed by atoms with Crippen LogP contribution in [0, 0.1) is 5.92 Å². The molecule has 5 heteroatoms. The summed E-state index contributed by atoms with van der Waals surface area (Å²) in [4.78, 5) is 0.175. The van der Waals surface area contributed by atoms with Gasteiger partial charge in [0.25, 0.3) is 0 Å². The molecule has 1 aromatic rings. The summed E-state index contributed by atoms with van der Waals surface area (Å²) in [7, 11) is -3.58. The topological polar surface area (TPSA) is 72.2 Å². The summed E-state index contributed by atoms with van der Waals surface area (Å²) in [5, 5.41) is 8.65. The molecule has 0 amide bonds. The SMILES string of the molecule is CC(NCCc1ccc(S(N)(=O)=O)cc1)C1CCCC1. The minimum absolute atomic E-state index is 0.175. The van der Waals surface area contributed by atoms with E-state index in [9.17, 15) is 8.42 Å². The van der Waals surface area contributed by atoms with Gasteiger partial charge in [0.05, 0.1) is 4.90 Å². The maximum Gasteiger partial charge on any atom is 0.238 e. The number of rotatable bonds is 6. The summed E-state index contributed by atoms with van der Waals surface area (Å²) in [6, 6.07) is 7.39. The number of hydrogen-bond donors (Lipinski definition) is 2. The summed E-state index contributed by atoms with van der Waals surface area (Å²) < 4.78 is 22.3. The number of sulfonamides is 1. The lowest BCUT2D eigenvalue weighted by molar-refractivity contribution is 0.384. The van der Waals surface area contributed by atoms with Gasteiger partial charge in [-0.25, -0.2) is 13.6 Å².